The van der Waals surface area contributed by atoms with E-state index in [1.807, 2.05) is 0 Å². The summed E-state index contributed by atoms with van der Waals surface area (Å²) in [7, 11) is 1.48. The maximum atomic E-state index is 11.1. The minimum atomic E-state index is -3.76. The summed E-state index contributed by atoms with van der Waals surface area (Å²) in [5, 5.41) is 1.18. The highest BCUT2D eigenvalue weighted by molar-refractivity contribution is 8.14. The van der Waals surface area contributed by atoms with Gasteiger partial charge in [0.25, 0.3) is 9.05 Å². The lowest BCUT2D eigenvalue weighted by Crippen LogP contribution is -1.93. The molecule has 0 fully saturated rings. The Labute approximate surface area is 85.0 Å². The number of aromatic nitrogens is 2. The molecular formula is C8H5ClN2O2S. The maximum Gasteiger partial charge on any atom is 0.263 e. The molecule has 2 rings (SSSR count). The molecule has 2 aromatic rings. The van der Waals surface area contributed by atoms with Crippen molar-refractivity contribution in [3.8, 4) is 0 Å². The van der Waals surface area contributed by atoms with Crippen molar-refractivity contribution in [2.75, 3.05) is 0 Å². The van der Waals surface area contributed by atoms with Crippen LogP contribution in [0.1, 0.15) is 0 Å². The molecule has 0 N–H and O–H groups in total. The van der Waals surface area contributed by atoms with Crippen LogP contribution < -0.4 is 0 Å². The first kappa shape index (κ1) is 9.36. The zero-order chi connectivity index (χ0) is 10.2. The van der Waals surface area contributed by atoms with Crippen molar-refractivity contribution in [3.05, 3.63) is 30.9 Å². The van der Waals surface area contributed by atoms with Gasteiger partial charge < -0.3 is 0 Å². The Balaban J connectivity index is 2.92. The van der Waals surface area contributed by atoms with Crippen molar-refractivity contribution in [2.45, 2.75) is 4.90 Å². The Bertz CT molecular complexity index is 577. The van der Waals surface area contributed by atoms with E-state index in [1.54, 1.807) is 18.5 Å². The van der Waals surface area contributed by atoms with E-state index in [1.165, 1.54) is 12.4 Å². The number of pyridine rings is 2. The largest absolute Gasteiger partial charge is 0.264 e. The van der Waals surface area contributed by atoms with Crippen molar-refractivity contribution in [3.63, 3.8) is 0 Å². The summed E-state index contributed by atoms with van der Waals surface area (Å²) in [5.41, 5.74) is 0. The number of fused-ring (bicyclic) bond motifs is 1. The van der Waals surface area contributed by atoms with Gasteiger partial charge in [0.1, 0.15) is 4.90 Å². The predicted molar refractivity (Wildman–Crippen MR) is 52.6 cm³/mol. The predicted octanol–water partition coefficient (Wildman–Crippen LogP) is 1.56. The highest BCUT2D eigenvalue weighted by Gasteiger charge is 2.14. The van der Waals surface area contributed by atoms with E-state index in [0.717, 1.165) is 0 Å². The first-order valence-electron chi connectivity index (χ1n) is 3.71. The Kier molecular flexibility index (Phi) is 2.13. The SMILES string of the molecule is O=S(=O)(Cl)c1cncc2ccncc12. The molecule has 0 saturated carbocycles. The first-order chi connectivity index (χ1) is 6.59. The van der Waals surface area contributed by atoms with Crippen LogP contribution in [0.5, 0.6) is 0 Å². The van der Waals surface area contributed by atoms with Crippen LogP contribution in [-0.2, 0) is 9.05 Å². The molecule has 2 aromatic heterocycles. The molecule has 14 heavy (non-hydrogen) atoms. The quantitative estimate of drug-likeness (QED) is 0.695. The Hall–Kier alpha value is -1.20. The standard InChI is InChI=1S/C8H5ClN2O2S/c9-14(12,13)8-5-11-3-6-1-2-10-4-7(6)8/h1-5H. The van der Waals surface area contributed by atoms with Gasteiger partial charge in [0, 0.05) is 46.2 Å². The Morgan fingerprint density at radius 2 is 1.93 bits per heavy atom. The lowest BCUT2D eigenvalue weighted by Gasteiger charge is -2.00. The van der Waals surface area contributed by atoms with Gasteiger partial charge in [-0.2, -0.15) is 0 Å². The lowest BCUT2D eigenvalue weighted by atomic mass is 10.2. The molecule has 0 amide bonds. The van der Waals surface area contributed by atoms with Crippen molar-refractivity contribution in [1.82, 2.24) is 9.97 Å². The van der Waals surface area contributed by atoms with E-state index in [4.69, 9.17) is 10.7 Å². The van der Waals surface area contributed by atoms with E-state index >= 15 is 0 Å². The second kappa shape index (κ2) is 3.18. The summed E-state index contributed by atoms with van der Waals surface area (Å²) in [6, 6.07) is 1.67. The fourth-order valence-corrected chi connectivity index (χ4v) is 2.16. The Morgan fingerprint density at radius 3 is 2.64 bits per heavy atom. The minimum absolute atomic E-state index is 0.00948. The first-order valence-corrected chi connectivity index (χ1v) is 6.02. The van der Waals surface area contributed by atoms with Crippen LogP contribution in [0.3, 0.4) is 0 Å². The molecule has 0 aliphatic rings. The van der Waals surface area contributed by atoms with Gasteiger partial charge in [-0.1, -0.05) is 0 Å². The smallest absolute Gasteiger partial charge is 0.263 e. The molecule has 0 aromatic carbocycles. The molecule has 6 heteroatoms. The van der Waals surface area contributed by atoms with Gasteiger partial charge in [-0.05, 0) is 6.07 Å². The van der Waals surface area contributed by atoms with Crippen LogP contribution in [0, 0.1) is 0 Å². The van der Waals surface area contributed by atoms with Crippen LogP contribution in [0.15, 0.2) is 35.7 Å². The third-order valence-electron chi connectivity index (χ3n) is 1.79. The number of hydrogen-bond acceptors (Lipinski definition) is 4. The molecule has 0 atom stereocenters. The van der Waals surface area contributed by atoms with Gasteiger partial charge in [0.2, 0.25) is 0 Å². The second-order valence-electron chi connectivity index (χ2n) is 2.67. The maximum absolute atomic E-state index is 11.1. The molecule has 0 unspecified atom stereocenters. The highest BCUT2D eigenvalue weighted by Crippen LogP contribution is 2.23. The monoisotopic (exact) mass is 228 g/mol. The third kappa shape index (κ3) is 1.56. The molecule has 0 spiro atoms. The van der Waals surface area contributed by atoms with E-state index in [-0.39, 0.29) is 4.90 Å². The van der Waals surface area contributed by atoms with Gasteiger partial charge in [-0.15, -0.1) is 0 Å². The zero-order valence-corrected chi connectivity index (χ0v) is 8.46. The minimum Gasteiger partial charge on any atom is -0.264 e. The van der Waals surface area contributed by atoms with Crippen LogP contribution in [-0.4, -0.2) is 18.4 Å². The van der Waals surface area contributed by atoms with Crippen LogP contribution >= 0.6 is 10.7 Å². The summed E-state index contributed by atoms with van der Waals surface area (Å²) in [4.78, 5) is 7.61. The summed E-state index contributed by atoms with van der Waals surface area (Å²) >= 11 is 0. The molecule has 4 nitrogen and oxygen atoms in total. The second-order valence-corrected chi connectivity index (χ2v) is 5.21. The lowest BCUT2D eigenvalue weighted by molar-refractivity contribution is 0.610. The molecule has 0 saturated heterocycles. The van der Waals surface area contributed by atoms with Gasteiger partial charge in [-0.25, -0.2) is 8.42 Å². The van der Waals surface area contributed by atoms with Gasteiger partial charge in [0.05, 0.1) is 0 Å². The molecule has 0 aliphatic heterocycles. The third-order valence-corrected chi connectivity index (χ3v) is 3.14. The number of rotatable bonds is 1. The zero-order valence-electron chi connectivity index (χ0n) is 6.88. The fourth-order valence-electron chi connectivity index (χ4n) is 1.17. The molecule has 0 bridgehead atoms. The van der Waals surface area contributed by atoms with E-state index in [9.17, 15) is 8.42 Å². The number of hydrogen-bond donors (Lipinski definition) is 0. The summed E-state index contributed by atoms with van der Waals surface area (Å²) in [6.45, 7) is 0. The molecule has 72 valence electrons. The molecular weight excluding hydrogens is 224 g/mol. The topological polar surface area (TPSA) is 59.9 Å². The van der Waals surface area contributed by atoms with Gasteiger partial charge in [0.15, 0.2) is 0 Å². The number of halogens is 1. The van der Waals surface area contributed by atoms with Crippen LogP contribution in [0.4, 0.5) is 0 Å². The molecule has 0 aliphatic carbocycles. The summed E-state index contributed by atoms with van der Waals surface area (Å²) < 4.78 is 22.3. The van der Waals surface area contributed by atoms with Gasteiger partial charge >= 0.3 is 0 Å². The van der Waals surface area contributed by atoms with Crippen molar-refractivity contribution in [1.29, 1.82) is 0 Å². The summed E-state index contributed by atoms with van der Waals surface area (Å²) in [6.07, 6.45) is 5.79. The Morgan fingerprint density at radius 1 is 1.14 bits per heavy atom. The van der Waals surface area contributed by atoms with Crippen molar-refractivity contribution < 1.29 is 8.42 Å². The van der Waals surface area contributed by atoms with E-state index in [0.29, 0.717) is 10.8 Å². The molecule has 0 radical (unpaired) electrons. The van der Waals surface area contributed by atoms with Crippen LogP contribution in [0.25, 0.3) is 10.8 Å². The summed E-state index contributed by atoms with van der Waals surface area (Å²) in [5.74, 6) is 0. The van der Waals surface area contributed by atoms with E-state index in [2.05, 4.69) is 9.97 Å². The highest BCUT2D eigenvalue weighted by atomic mass is 35.7. The van der Waals surface area contributed by atoms with Crippen molar-refractivity contribution in [2.24, 2.45) is 0 Å². The number of nitrogens with zero attached hydrogens (tertiary/aromatic N) is 2. The normalized spacial score (nSPS) is 11.8. The average molecular weight is 229 g/mol. The van der Waals surface area contributed by atoms with E-state index < -0.39 is 9.05 Å². The average Bonchev–Trinajstić information content (AvgIpc) is 2.15. The van der Waals surface area contributed by atoms with Crippen molar-refractivity contribution >= 4 is 30.5 Å². The fraction of sp³-hybridized carbons (Fsp3) is 0. The molecule has 2 heterocycles. The van der Waals surface area contributed by atoms with Crippen LogP contribution in [0.2, 0.25) is 0 Å². The van der Waals surface area contributed by atoms with Gasteiger partial charge in [-0.3, -0.25) is 9.97 Å².